The number of thiazole rings is 1. The van der Waals surface area contributed by atoms with E-state index in [9.17, 15) is 0 Å². The second-order valence-electron chi connectivity index (χ2n) is 6.41. The first-order valence-electron chi connectivity index (χ1n) is 7.42. The predicted octanol–water partition coefficient (Wildman–Crippen LogP) is 3.09. The van der Waals surface area contributed by atoms with E-state index < -0.39 is 0 Å². The molecule has 1 N–H and O–H groups in total. The third-order valence-electron chi connectivity index (χ3n) is 3.74. The number of likely N-dealkylation sites (tertiary alicyclic amines) is 1. The largest absolute Gasteiger partial charge is 0.303 e. The first-order chi connectivity index (χ1) is 9.02. The molecule has 1 aliphatic rings. The van der Waals surface area contributed by atoms with Gasteiger partial charge in [0, 0.05) is 37.3 Å². The quantitative estimate of drug-likeness (QED) is 0.899. The van der Waals surface area contributed by atoms with Crippen molar-refractivity contribution in [2.75, 3.05) is 19.6 Å². The van der Waals surface area contributed by atoms with Crippen molar-refractivity contribution in [3.8, 4) is 0 Å². The smallest absolute Gasteiger partial charge is 0.113 e. The van der Waals surface area contributed by atoms with Crippen LogP contribution in [0.3, 0.4) is 0 Å². The Morgan fingerprint density at radius 2 is 2.00 bits per heavy atom. The van der Waals surface area contributed by atoms with Crippen molar-refractivity contribution < 1.29 is 0 Å². The molecule has 108 valence electrons. The Kier molecular flexibility index (Phi) is 4.98. The van der Waals surface area contributed by atoms with Crippen molar-refractivity contribution in [1.82, 2.24) is 15.2 Å². The van der Waals surface area contributed by atoms with Crippen LogP contribution < -0.4 is 5.32 Å². The fraction of sp³-hybridized carbons (Fsp3) is 0.800. The predicted molar refractivity (Wildman–Crippen MR) is 82.6 cm³/mol. The molecule has 1 aliphatic heterocycles. The van der Waals surface area contributed by atoms with E-state index in [1.54, 1.807) is 11.3 Å². The Morgan fingerprint density at radius 3 is 2.47 bits per heavy atom. The second-order valence-corrected chi connectivity index (χ2v) is 7.31. The van der Waals surface area contributed by atoms with E-state index in [1.165, 1.54) is 37.5 Å². The normalized spacial score (nSPS) is 20.3. The summed E-state index contributed by atoms with van der Waals surface area (Å²) in [6, 6.07) is 0.501. The van der Waals surface area contributed by atoms with Crippen molar-refractivity contribution in [1.29, 1.82) is 0 Å². The Bertz CT molecular complexity index is 365. The lowest BCUT2D eigenvalue weighted by molar-refractivity contribution is 0.117. The molecule has 2 heterocycles. The summed E-state index contributed by atoms with van der Waals surface area (Å²) in [6.45, 7) is 12.6. The molecule has 19 heavy (non-hydrogen) atoms. The second kappa shape index (κ2) is 6.33. The molecule has 1 fully saturated rings. The maximum atomic E-state index is 4.59. The molecule has 1 saturated heterocycles. The van der Waals surface area contributed by atoms with Gasteiger partial charge in [0.15, 0.2) is 0 Å². The van der Waals surface area contributed by atoms with E-state index in [2.05, 4.69) is 48.3 Å². The Hall–Kier alpha value is -0.450. The molecule has 1 aromatic heterocycles. The highest BCUT2D eigenvalue weighted by atomic mass is 32.1. The highest BCUT2D eigenvalue weighted by Crippen LogP contribution is 2.34. The molecule has 4 heteroatoms. The minimum Gasteiger partial charge on any atom is -0.303 e. The van der Waals surface area contributed by atoms with Gasteiger partial charge < -0.3 is 10.2 Å². The summed E-state index contributed by atoms with van der Waals surface area (Å²) in [7, 11) is 0. The lowest BCUT2D eigenvalue weighted by atomic mass is 9.87. The van der Waals surface area contributed by atoms with E-state index in [0.29, 0.717) is 6.04 Å². The van der Waals surface area contributed by atoms with Gasteiger partial charge >= 0.3 is 0 Å². The van der Waals surface area contributed by atoms with Gasteiger partial charge in [0.2, 0.25) is 0 Å². The lowest BCUT2D eigenvalue weighted by Gasteiger charge is -2.43. The Morgan fingerprint density at radius 1 is 1.32 bits per heavy atom. The molecule has 0 aliphatic carbocycles. The first-order valence-corrected chi connectivity index (χ1v) is 8.30. The van der Waals surface area contributed by atoms with Gasteiger partial charge in [-0.2, -0.15) is 0 Å². The molecule has 2 rings (SSSR count). The standard InChI is InChI=1S/C15H27N3S/c1-12(2)11-18-8-5-15(6-9-18,17-13(3)4)14-16-7-10-19-14/h7,10,12-13,17H,5-6,8-9,11H2,1-4H3. The van der Waals surface area contributed by atoms with E-state index in [0.717, 1.165) is 5.92 Å². The summed E-state index contributed by atoms with van der Waals surface area (Å²) in [5.74, 6) is 0.755. The molecule has 0 unspecified atom stereocenters. The van der Waals surface area contributed by atoms with Crippen LogP contribution in [0.2, 0.25) is 0 Å². The van der Waals surface area contributed by atoms with Gasteiger partial charge in [0.25, 0.3) is 0 Å². The van der Waals surface area contributed by atoms with Crippen molar-refractivity contribution in [2.24, 2.45) is 5.92 Å². The highest BCUT2D eigenvalue weighted by molar-refractivity contribution is 7.09. The molecule has 0 amide bonds. The monoisotopic (exact) mass is 281 g/mol. The first kappa shape index (κ1) is 14.9. The summed E-state index contributed by atoms with van der Waals surface area (Å²) in [4.78, 5) is 7.18. The van der Waals surface area contributed by atoms with E-state index in [4.69, 9.17) is 0 Å². The maximum absolute atomic E-state index is 4.59. The molecule has 0 aromatic carbocycles. The fourth-order valence-corrected chi connectivity index (χ4v) is 3.93. The summed E-state index contributed by atoms with van der Waals surface area (Å²) in [5.41, 5.74) is 0.107. The number of nitrogens with zero attached hydrogens (tertiary/aromatic N) is 2. The molecule has 0 radical (unpaired) electrons. The summed E-state index contributed by atoms with van der Waals surface area (Å²) < 4.78 is 0. The molecular weight excluding hydrogens is 254 g/mol. The zero-order valence-corrected chi connectivity index (χ0v) is 13.5. The zero-order valence-electron chi connectivity index (χ0n) is 12.6. The highest BCUT2D eigenvalue weighted by Gasteiger charge is 2.38. The fourth-order valence-electron chi connectivity index (χ4n) is 3.07. The van der Waals surface area contributed by atoms with Crippen molar-refractivity contribution in [3.63, 3.8) is 0 Å². The molecule has 0 saturated carbocycles. The third-order valence-corrected chi connectivity index (χ3v) is 4.72. The molecule has 1 aromatic rings. The van der Waals surface area contributed by atoms with Gasteiger partial charge in [-0.3, -0.25) is 0 Å². The van der Waals surface area contributed by atoms with Crippen LogP contribution in [0.4, 0.5) is 0 Å². The topological polar surface area (TPSA) is 28.2 Å². The number of hydrogen-bond donors (Lipinski definition) is 1. The van der Waals surface area contributed by atoms with Gasteiger partial charge in [-0.05, 0) is 32.6 Å². The summed E-state index contributed by atoms with van der Waals surface area (Å²) in [6.07, 6.45) is 4.28. The van der Waals surface area contributed by atoms with E-state index >= 15 is 0 Å². The SMILES string of the molecule is CC(C)CN1CCC(NC(C)C)(c2nccs2)CC1. The molecule has 0 spiro atoms. The van der Waals surface area contributed by atoms with Crippen LogP contribution in [0.5, 0.6) is 0 Å². The van der Waals surface area contributed by atoms with Crippen LogP contribution in [0.25, 0.3) is 0 Å². The Labute approximate surface area is 121 Å². The van der Waals surface area contributed by atoms with Gasteiger partial charge in [-0.1, -0.05) is 13.8 Å². The van der Waals surface area contributed by atoms with E-state index in [-0.39, 0.29) is 5.54 Å². The summed E-state index contributed by atoms with van der Waals surface area (Å²) in [5, 5.41) is 7.16. The number of rotatable bonds is 5. The average molecular weight is 281 g/mol. The van der Waals surface area contributed by atoms with Crippen LogP contribution in [-0.4, -0.2) is 35.6 Å². The molecular formula is C15H27N3S. The molecule has 0 bridgehead atoms. The lowest BCUT2D eigenvalue weighted by Crippen LogP contribution is -2.53. The zero-order chi connectivity index (χ0) is 13.9. The minimum atomic E-state index is 0.107. The number of piperidine rings is 1. The van der Waals surface area contributed by atoms with Crippen molar-refractivity contribution in [3.05, 3.63) is 16.6 Å². The Balaban J connectivity index is 2.06. The van der Waals surface area contributed by atoms with Crippen LogP contribution in [0.15, 0.2) is 11.6 Å². The summed E-state index contributed by atoms with van der Waals surface area (Å²) >= 11 is 1.79. The number of aromatic nitrogens is 1. The van der Waals surface area contributed by atoms with Crippen LogP contribution in [0.1, 0.15) is 45.5 Å². The molecule has 3 nitrogen and oxygen atoms in total. The average Bonchev–Trinajstić information content (AvgIpc) is 2.84. The molecule has 0 atom stereocenters. The van der Waals surface area contributed by atoms with E-state index in [1.807, 2.05) is 6.20 Å². The maximum Gasteiger partial charge on any atom is 0.113 e. The number of hydrogen-bond acceptors (Lipinski definition) is 4. The van der Waals surface area contributed by atoms with Crippen LogP contribution in [-0.2, 0) is 5.54 Å². The van der Waals surface area contributed by atoms with Gasteiger partial charge in [0.1, 0.15) is 5.01 Å². The van der Waals surface area contributed by atoms with Gasteiger partial charge in [-0.25, -0.2) is 4.98 Å². The number of nitrogens with one attached hydrogen (secondary N) is 1. The van der Waals surface area contributed by atoms with Gasteiger partial charge in [-0.15, -0.1) is 11.3 Å². The minimum absolute atomic E-state index is 0.107. The van der Waals surface area contributed by atoms with Crippen molar-refractivity contribution in [2.45, 2.75) is 52.1 Å². The van der Waals surface area contributed by atoms with Crippen molar-refractivity contribution >= 4 is 11.3 Å². The van der Waals surface area contributed by atoms with Crippen LogP contribution >= 0.6 is 11.3 Å². The van der Waals surface area contributed by atoms with Crippen LogP contribution in [0, 0.1) is 5.92 Å². The van der Waals surface area contributed by atoms with Gasteiger partial charge in [0.05, 0.1) is 5.54 Å². The third kappa shape index (κ3) is 3.77.